The number of carbonyl (C=O) groups excluding carboxylic acids is 1. The smallest absolute Gasteiger partial charge is 0.249 e. The fourth-order valence-electron chi connectivity index (χ4n) is 4.91. The Morgan fingerprint density at radius 3 is 3.03 bits per heavy atom. The Hall–Kier alpha value is -1.66. The van der Waals surface area contributed by atoms with Crippen molar-refractivity contribution in [3.8, 4) is 5.00 Å². The van der Waals surface area contributed by atoms with Gasteiger partial charge in [0.1, 0.15) is 11.2 Å². The standard InChI is InChI=1S/C19H25N7O2S2/c1-11-3-2-4-12-14(11)15-16-20-10-21-26(16)18-22-23-19(25(18)17(15)30-12)29-9-13(27)24-5-7-28-8-6-24/h11,16,20-21H,2-10H2,1H3/t11-,16?/m1/s1. The molecule has 1 unspecified atom stereocenters. The molecule has 160 valence electrons. The first-order valence-corrected chi connectivity index (χ1v) is 12.4. The molecule has 11 heteroatoms. The summed E-state index contributed by atoms with van der Waals surface area (Å²) in [7, 11) is 0. The van der Waals surface area contributed by atoms with Crippen molar-refractivity contribution in [3.05, 3.63) is 16.0 Å². The minimum Gasteiger partial charge on any atom is -0.378 e. The average molecular weight is 448 g/mol. The van der Waals surface area contributed by atoms with Crippen molar-refractivity contribution < 1.29 is 9.53 Å². The Balaban J connectivity index is 1.35. The zero-order valence-corrected chi connectivity index (χ0v) is 18.5. The second kappa shape index (κ2) is 7.49. The molecule has 5 heterocycles. The number of nitrogens with zero attached hydrogens (tertiary/aromatic N) is 5. The molecular weight excluding hydrogens is 422 g/mol. The van der Waals surface area contributed by atoms with Crippen molar-refractivity contribution in [1.29, 1.82) is 0 Å². The van der Waals surface area contributed by atoms with Gasteiger partial charge in [0.15, 0.2) is 5.16 Å². The van der Waals surface area contributed by atoms with E-state index < -0.39 is 0 Å². The second-order valence-electron chi connectivity index (χ2n) is 8.16. The molecule has 6 rings (SSSR count). The number of aromatic nitrogens is 3. The van der Waals surface area contributed by atoms with Crippen LogP contribution in [0.2, 0.25) is 0 Å². The zero-order valence-electron chi connectivity index (χ0n) is 16.9. The maximum absolute atomic E-state index is 12.7. The van der Waals surface area contributed by atoms with Crippen molar-refractivity contribution in [2.24, 2.45) is 0 Å². The maximum Gasteiger partial charge on any atom is 0.249 e. The van der Waals surface area contributed by atoms with Gasteiger partial charge in [0.2, 0.25) is 11.9 Å². The lowest BCUT2D eigenvalue weighted by Crippen LogP contribution is -2.41. The predicted octanol–water partition coefficient (Wildman–Crippen LogP) is 1.60. The van der Waals surface area contributed by atoms with Gasteiger partial charge in [-0.25, -0.2) is 9.99 Å². The van der Waals surface area contributed by atoms with E-state index in [0.29, 0.717) is 44.6 Å². The Morgan fingerprint density at radius 2 is 2.17 bits per heavy atom. The van der Waals surface area contributed by atoms with Gasteiger partial charge in [-0.3, -0.25) is 15.1 Å². The van der Waals surface area contributed by atoms with E-state index in [1.165, 1.54) is 45.6 Å². The molecule has 9 nitrogen and oxygen atoms in total. The number of nitrogens with one attached hydrogen (secondary N) is 2. The first-order chi connectivity index (χ1) is 14.7. The summed E-state index contributed by atoms with van der Waals surface area (Å²) in [6, 6.07) is 0. The van der Waals surface area contributed by atoms with Crippen molar-refractivity contribution in [2.45, 2.75) is 43.4 Å². The second-order valence-corrected chi connectivity index (χ2v) is 10.2. The van der Waals surface area contributed by atoms with Crippen LogP contribution < -0.4 is 15.8 Å². The van der Waals surface area contributed by atoms with Gasteiger partial charge in [0.25, 0.3) is 0 Å². The summed E-state index contributed by atoms with van der Waals surface area (Å²) in [5.41, 5.74) is 6.27. The molecule has 0 saturated carbocycles. The number of hydrazine groups is 1. The van der Waals surface area contributed by atoms with Crippen LogP contribution in [0.15, 0.2) is 5.16 Å². The maximum atomic E-state index is 12.7. The minimum absolute atomic E-state index is 0.0880. The van der Waals surface area contributed by atoms with Gasteiger partial charge in [-0.2, -0.15) is 0 Å². The molecule has 4 aliphatic rings. The van der Waals surface area contributed by atoms with Gasteiger partial charge in [-0.1, -0.05) is 18.7 Å². The molecule has 2 N–H and O–H groups in total. The van der Waals surface area contributed by atoms with Gasteiger partial charge in [-0.15, -0.1) is 21.5 Å². The van der Waals surface area contributed by atoms with Crippen LogP contribution in [0.1, 0.15) is 47.9 Å². The van der Waals surface area contributed by atoms with E-state index in [4.69, 9.17) is 4.74 Å². The molecule has 1 aliphatic carbocycles. The van der Waals surface area contributed by atoms with E-state index in [-0.39, 0.29) is 12.1 Å². The molecule has 0 radical (unpaired) electrons. The number of rotatable bonds is 3. The molecule has 30 heavy (non-hydrogen) atoms. The monoisotopic (exact) mass is 447 g/mol. The van der Waals surface area contributed by atoms with Crippen molar-refractivity contribution in [3.63, 3.8) is 0 Å². The van der Waals surface area contributed by atoms with Crippen molar-refractivity contribution in [2.75, 3.05) is 43.7 Å². The third-order valence-corrected chi connectivity index (χ3v) is 8.55. The van der Waals surface area contributed by atoms with Crippen LogP contribution in [0.25, 0.3) is 5.00 Å². The number of fused-ring (bicyclic) bond motifs is 8. The number of ether oxygens (including phenoxy) is 1. The molecule has 1 amide bonds. The zero-order chi connectivity index (χ0) is 20.2. The van der Waals surface area contributed by atoms with E-state index in [9.17, 15) is 4.79 Å². The van der Waals surface area contributed by atoms with Gasteiger partial charge >= 0.3 is 0 Å². The first kappa shape index (κ1) is 19.1. The summed E-state index contributed by atoms with van der Waals surface area (Å²) in [4.78, 5) is 16.0. The lowest BCUT2D eigenvalue weighted by molar-refractivity contribution is -0.132. The fourth-order valence-corrected chi connectivity index (χ4v) is 7.29. The van der Waals surface area contributed by atoms with Crippen LogP contribution >= 0.6 is 23.1 Å². The Kier molecular flexibility index (Phi) is 4.75. The lowest BCUT2D eigenvalue weighted by atomic mass is 9.85. The first-order valence-electron chi connectivity index (χ1n) is 10.6. The Morgan fingerprint density at radius 1 is 1.30 bits per heavy atom. The number of hydrogen-bond acceptors (Lipinski definition) is 9. The summed E-state index contributed by atoms with van der Waals surface area (Å²) in [5, 5.41) is 16.6. The number of aryl methyl sites for hydroxylation is 1. The van der Waals surface area contributed by atoms with E-state index in [0.717, 1.165) is 17.5 Å². The van der Waals surface area contributed by atoms with Crippen LogP contribution in [-0.2, 0) is 16.0 Å². The average Bonchev–Trinajstić information content (AvgIpc) is 3.48. The molecule has 0 spiro atoms. The number of thioether (sulfide) groups is 1. The van der Waals surface area contributed by atoms with Gasteiger partial charge in [0, 0.05) is 23.5 Å². The highest BCUT2D eigenvalue weighted by atomic mass is 32.2. The normalized spacial score (nSPS) is 25.0. The highest BCUT2D eigenvalue weighted by molar-refractivity contribution is 7.99. The van der Waals surface area contributed by atoms with Crippen LogP contribution in [-0.4, -0.2) is 64.3 Å². The SMILES string of the molecule is C[C@@H]1CCCc2sc3c(c21)C1NCNN1c1nnc(SCC(=O)N2CCOCC2)n1-3. The molecule has 2 atom stereocenters. The number of carbonyl (C=O) groups is 1. The summed E-state index contributed by atoms with van der Waals surface area (Å²) >= 11 is 3.35. The van der Waals surface area contributed by atoms with Gasteiger partial charge < -0.3 is 9.64 Å². The Bertz CT molecular complexity index is 984. The van der Waals surface area contributed by atoms with Crippen LogP contribution in [0.5, 0.6) is 0 Å². The van der Waals surface area contributed by atoms with Gasteiger partial charge in [0.05, 0.1) is 25.6 Å². The number of amides is 1. The number of hydrogen-bond donors (Lipinski definition) is 2. The third kappa shape index (κ3) is 2.90. The van der Waals surface area contributed by atoms with Crippen molar-refractivity contribution >= 4 is 35.0 Å². The number of anilines is 1. The molecule has 2 aromatic heterocycles. The quantitative estimate of drug-likeness (QED) is 0.687. The predicted molar refractivity (Wildman–Crippen MR) is 115 cm³/mol. The number of thiophene rings is 1. The molecule has 2 fully saturated rings. The van der Waals surface area contributed by atoms with Crippen LogP contribution in [0.4, 0.5) is 5.95 Å². The highest BCUT2D eigenvalue weighted by Crippen LogP contribution is 2.50. The fraction of sp³-hybridized carbons (Fsp3) is 0.632. The van der Waals surface area contributed by atoms with Crippen LogP contribution in [0, 0.1) is 0 Å². The third-order valence-electron chi connectivity index (χ3n) is 6.37. The molecule has 2 aromatic rings. The highest BCUT2D eigenvalue weighted by Gasteiger charge is 2.42. The summed E-state index contributed by atoms with van der Waals surface area (Å²) in [6.07, 6.45) is 3.72. The lowest BCUT2D eigenvalue weighted by Gasteiger charge is -2.32. The Labute approximate surface area is 183 Å². The molecule has 3 aliphatic heterocycles. The molecular formula is C19H25N7O2S2. The largest absolute Gasteiger partial charge is 0.378 e. The number of morpholine rings is 1. The topological polar surface area (TPSA) is 87.6 Å². The molecule has 0 aromatic carbocycles. The van der Waals surface area contributed by atoms with E-state index in [2.05, 4.69) is 37.4 Å². The van der Waals surface area contributed by atoms with Gasteiger partial charge in [-0.05, 0) is 30.7 Å². The van der Waals surface area contributed by atoms with E-state index >= 15 is 0 Å². The summed E-state index contributed by atoms with van der Waals surface area (Å²) < 4.78 is 7.51. The summed E-state index contributed by atoms with van der Waals surface area (Å²) in [6.45, 7) is 5.62. The minimum atomic E-state index is 0.0880. The van der Waals surface area contributed by atoms with Crippen molar-refractivity contribution in [1.82, 2.24) is 30.4 Å². The van der Waals surface area contributed by atoms with Crippen LogP contribution in [0.3, 0.4) is 0 Å². The van der Waals surface area contributed by atoms with E-state index in [1.807, 2.05) is 16.2 Å². The van der Waals surface area contributed by atoms with E-state index in [1.54, 1.807) is 0 Å². The summed E-state index contributed by atoms with van der Waals surface area (Å²) in [5.74, 6) is 1.86. The molecule has 0 bridgehead atoms. The molecule has 2 saturated heterocycles.